The van der Waals surface area contributed by atoms with Crippen molar-refractivity contribution < 1.29 is 19.1 Å². The minimum Gasteiger partial charge on any atom is -0.497 e. The molecule has 1 fully saturated rings. The average Bonchev–Trinajstić information content (AvgIpc) is 2.65. The van der Waals surface area contributed by atoms with E-state index >= 15 is 0 Å². The number of nitrogens with zero attached hydrogens (tertiary/aromatic N) is 2. The molecule has 0 bridgehead atoms. The van der Waals surface area contributed by atoms with E-state index in [1.165, 1.54) is 12.7 Å². The number of hydrogen-bond donors (Lipinski definition) is 0. The lowest BCUT2D eigenvalue weighted by Crippen LogP contribution is -2.53. The molecule has 2 aliphatic rings. The second kappa shape index (κ2) is 7.11. The Balaban J connectivity index is 1.74. The molecule has 1 saturated heterocycles. The molecule has 0 N–H and O–H groups in total. The number of hydrogen-bond acceptors (Lipinski definition) is 4. The highest BCUT2D eigenvalue weighted by Gasteiger charge is 2.36. The molecule has 1 aromatic rings. The highest BCUT2D eigenvalue weighted by molar-refractivity contribution is 5.86. The lowest BCUT2D eigenvalue weighted by atomic mass is 9.96. The molecule has 24 heavy (non-hydrogen) atoms. The monoisotopic (exact) mass is 332 g/mol. The molecule has 0 aliphatic carbocycles. The van der Waals surface area contributed by atoms with Gasteiger partial charge >= 0.3 is 6.09 Å². The first-order valence-electron chi connectivity index (χ1n) is 8.43. The molecule has 2 heterocycles. The Bertz CT molecular complexity index is 631. The van der Waals surface area contributed by atoms with Crippen molar-refractivity contribution in [3.8, 4) is 5.75 Å². The summed E-state index contributed by atoms with van der Waals surface area (Å²) in [5.41, 5.74) is 2.38. The number of likely N-dealkylation sites (tertiary alicyclic amines) is 1. The number of carbonyl (C=O) groups excluding carboxylic acids is 2. The van der Waals surface area contributed by atoms with E-state index in [9.17, 15) is 9.59 Å². The van der Waals surface area contributed by atoms with Crippen molar-refractivity contribution in [3.05, 3.63) is 29.3 Å². The van der Waals surface area contributed by atoms with Crippen LogP contribution in [0.4, 0.5) is 4.79 Å². The topological polar surface area (TPSA) is 59.1 Å². The van der Waals surface area contributed by atoms with Crippen molar-refractivity contribution in [1.82, 2.24) is 9.80 Å². The Labute approximate surface area is 142 Å². The van der Waals surface area contributed by atoms with E-state index in [1.54, 1.807) is 12.0 Å². The SMILES string of the molecule is COC(=O)N1CCCC[C@H]1C(=O)N1CCc2cc(OC)ccc2C1. The summed E-state index contributed by atoms with van der Waals surface area (Å²) in [4.78, 5) is 28.4. The number of piperidine rings is 1. The fourth-order valence-corrected chi connectivity index (χ4v) is 3.58. The summed E-state index contributed by atoms with van der Waals surface area (Å²) in [5.74, 6) is 0.874. The zero-order valence-electron chi connectivity index (χ0n) is 14.3. The maximum atomic E-state index is 13.0. The van der Waals surface area contributed by atoms with Crippen molar-refractivity contribution in [2.75, 3.05) is 27.3 Å². The van der Waals surface area contributed by atoms with Gasteiger partial charge in [0, 0.05) is 19.6 Å². The highest BCUT2D eigenvalue weighted by atomic mass is 16.5. The number of ether oxygens (including phenoxy) is 2. The number of fused-ring (bicyclic) bond motifs is 1. The maximum absolute atomic E-state index is 13.0. The molecule has 1 aromatic carbocycles. The highest BCUT2D eigenvalue weighted by Crippen LogP contribution is 2.26. The van der Waals surface area contributed by atoms with E-state index < -0.39 is 12.1 Å². The Kier molecular flexibility index (Phi) is 4.92. The minimum absolute atomic E-state index is 0.0292. The van der Waals surface area contributed by atoms with Gasteiger partial charge in [0.2, 0.25) is 5.91 Å². The van der Waals surface area contributed by atoms with Gasteiger partial charge < -0.3 is 14.4 Å². The smallest absolute Gasteiger partial charge is 0.410 e. The third-order valence-electron chi connectivity index (χ3n) is 4.93. The third kappa shape index (κ3) is 3.18. The Morgan fingerprint density at radius 2 is 1.96 bits per heavy atom. The number of methoxy groups -OCH3 is 2. The largest absolute Gasteiger partial charge is 0.497 e. The Hall–Kier alpha value is -2.24. The molecule has 0 aromatic heterocycles. The van der Waals surface area contributed by atoms with Crippen LogP contribution in [-0.2, 0) is 22.5 Å². The van der Waals surface area contributed by atoms with Gasteiger partial charge in [0.25, 0.3) is 0 Å². The van der Waals surface area contributed by atoms with Crippen LogP contribution in [-0.4, -0.2) is 55.2 Å². The van der Waals surface area contributed by atoms with Crippen LogP contribution >= 0.6 is 0 Å². The van der Waals surface area contributed by atoms with Crippen LogP contribution in [0.1, 0.15) is 30.4 Å². The first-order valence-corrected chi connectivity index (χ1v) is 8.43. The van der Waals surface area contributed by atoms with Gasteiger partial charge in [-0.15, -0.1) is 0 Å². The molecule has 2 aliphatic heterocycles. The molecule has 130 valence electrons. The van der Waals surface area contributed by atoms with Gasteiger partial charge in [0.15, 0.2) is 0 Å². The molecule has 0 saturated carbocycles. The van der Waals surface area contributed by atoms with Gasteiger partial charge in [-0.2, -0.15) is 0 Å². The summed E-state index contributed by atoms with van der Waals surface area (Å²) in [6, 6.07) is 5.59. The van der Waals surface area contributed by atoms with Crippen molar-refractivity contribution in [3.63, 3.8) is 0 Å². The van der Waals surface area contributed by atoms with E-state index in [2.05, 4.69) is 0 Å². The second-order valence-corrected chi connectivity index (χ2v) is 6.32. The van der Waals surface area contributed by atoms with Gasteiger partial charge in [0.05, 0.1) is 14.2 Å². The van der Waals surface area contributed by atoms with Crippen molar-refractivity contribution in [1.29, 1.82) is 0 Å². The zero-order valence-corrected chi connectivity index (χ0v) is 14.3. The summed E-state index contributed by atoms with van der Waals surface area (Å²) < 4.78 is 10.1. The van der Waals surface area contributed by atoms with Crippen LogP contribution < -0.4 is 4.74 Å². The van der Waals surface area contributed by atoms with Crippen molar-refractivity contribution >= 4 is 12.0 Å². The minimum atomic E-state index is -0.407. The average molecular weight is 332 g/mol. The molecular weight excluding hydrogens is 308 g/mol. The molecule has 0 radical (unpaired) electrons. The predicted molar refractivity (Wildman–Crippen MR) is 88.9 cm³/mol. The van der Waals surface area contributed by atoms with Crippen LogP contribution in [0.3, 0.4) is 0 Å². The molecular formula is C18H24N2O4. The Morgan fingerprint density at radius 1 is 1.12 bits per heavy atom. The molecule has 0 spiro atoms. The van der Waals surface area contributed by atoms with Crippen LogP contribution in [0.5, 0.6) is 5.75 Å². The quantitative estimate of drug-likeness (QED) is 0.833. The lowest BCUT2D eigenvalue weighted by Gasteiger charge is -2.38. The first kappa shape index (κ1) is 16.6. The van der Waals surface area contributed by atoms with Crippen LogP contribution in [0.2, 0.25) is 0 Å². The van der Waals surface area contributed by atoms with Gasteiger partial charge in [0.1, 0.15) is 11.8 Å². The summed E-state index contributed by atoms with van der Waals surface area (Å²) >= 11 is 0. The summed E-state index contributed by atoms with van der Waals surface area (Å²) in [5, 5.41) is 0. The van der Waals surface area contributed by atoms with E-state index in [4.69, 9.17) is 9.47 Å². The molecule has 6 nitrogen and oxygen atoms in total. The van der Waals surface area contributed by atoms with Gasteiger partial charge in [-0.25, -0.2) is 4.79 Å². The van der Waals surface area contributed by atoms with Gasteiger partial charge in [-0.05, 0) is 48.9 Å². The number of benzene rings is 1. The first-order chi connectivity index (χ1) is 11.6. The Morgan fingerprint density at radius 3 is 2.71 bits per heavy atom. The maximum Gasteiger partial charge on any atom is 0.410 e. The summed E-state index contributed by atoms with van der Waals surface area (Å²) in [6.45, 7) is 1.85. The van der Waals surface area contributed by atoms with E-state index in [1.807, 2.05) is 23.1 Å². The van der Waals surface area contributed by atoms with Gasteiger partial charge in [-0.3, -0.25) is 9.69 Å². The number of rotatable bonds is 2. The standard InChI is InChI=1S/C18H24N2O4/c1-23-15-7-6-14-12-19(10-8-13(14)11-15)17(21)16-5-3-4-9-20(16)18(22)24-2/h6-7,11,16H,3-5,8-10,12H2,1-2H3/t16-/m0/s1. The number of amides is 2. The number of carbonyl (C=O) groups is 2. The predicted octanol–water partition coefficient (Wildman–Crippen LogP) is 2.20. The van der Waals surface area contributed by atoms with Crippen LogP contribution in [0.25, 0.3) is 0 Å². The van der Waals surface area contributed by atoms with E-state index in [0.717, 1.165) is 30.6 Å². The normalized spacial score (nSPS) is 20.3. The fourth-order valence-electron chi connectivity index (χ4n) is 3.58. The third-order valence-corrected chi connectivity index (χ3v) is 4.93. The molecule has 6 heteroatoms. The van der Waals surface area contributed by atoms with E-state index in [-0.39, 0.29) is 5.91 Å². The van der Waals surface area contributed by atoms with E-state index in [0.29, 0.717) is 26.1 Å². The molecule has 2 amide bonds. The van der Waals surface area contributed by atoms with Crippen LogP contribution in [0, 0.1) is 0 Å². The van der Waals surface area contributed by atoms with Gasteiger partial charge in [-0.1, -0.05) is 6.07 Å². The van der Waals surface area contributed by atoms with Crippen LogP contribution in [0.15, 0.2) is 18.2 Å². The molecule has 1 atom stereocenters. The zero-order chi connectivity index (χ0) is 17.1. The summed E-state index contributed by atoms with van der Waals surface area (Å²) in [7, 11) is 3.02. The summed E-state index contributed by atoms with van der Waals surface area (Å²) in [6.07, 6.45) is 2.99. The molecule has 0 unspecified atom stereocenters. The second-order valence-electron chi connectivity index (χ2n) is 6.32. The molecule has 3 rings (SSSR count). The lowest BCUT2D eigenvalue weighted by molar-refractivity contribution is -0.138. The fraction of sp³-hybridized carbons (Fsp3) is 0.556. The van der Waals surface area contributed by atoms with Crippen molar-refractivity contribution in [2.24, 2.45) is 0 Å². The van der Waals surface area contributed by atoms with Crippen molar-refractivity contribution in [2.45, 2.75) is 38.3 Å².